The first-order valence-corrected chi connectivity index (χ1v) is 7.04. The van der Waals surface area contributed by atoms with Gasteiger partial charge in [-0.2, -0.15) is 0 Å². The van der Waals surface area contributed by atoms with Crippen molar-refractivity contribution >= 4 is 5.97 Å². The van der Waals surface area contributed by atoms with Crippen LogP contribution in [-0.2, 0) is 4.79 Å². The molecule has 0 heterocycles. The molecule has 1 atom stereocenters. The summed E-state index contributed by atoms with van der Waals surface area (Å²) in [5, 5.41) is 19.5. The fraction of sp³-hybridized carbons (Fsp3) is 0.929. The lowest BCUT2D eigenvalue weighted by Crippen LogP contribution is -2.32. The number of rotatable bonds is 5. The first-order valence-electron chi connectivity index (χ1n) is 7.04. The predicted octanol–water partition coefficient (Wildman–Crippen LogP) is 2.96. The van der Waals surface area contributed by atoms with Gasteiger partial charge in [0.05, 0.1) is 11.5 Å². The van der Waals surface area contributed by atoms with Gasteiger partial charge in [0, 0.05) is 0 Å². The van der Waals surface area contributed by atoms with Crippen LogP contribution in [0.2, 0.25) is 0 Å². The molecule has 2 rings (SSSR count). The second kappa shape index (κ2) is 5.38. The molecule has 0 bridgehead atoms. The average molecular weight is 240 g/mol. The van der Waals surface area contributed by atoms with Crippen molar-refractivity contribution in [2.24, 2.45) is 11.3 Å². The fourth-order valence-electron chi connectivity index (χ4n) is 3.72. The maximum Gasteiger partial charge on any atom is 0.309 e. The third-order valence-electron chi connectivity index (χ3n) is 4.72. The number of carbonyl (C=O) groups is 1. The van der Waals surface area contributed by atoms with E-state index in [1.807, 2.05) is 0 Å². The maximum absolute atomic E-state index is 11.4. The molecule has 2 aliphatic rings. The summed E-state index contributed by atoms with van der Waals surface area (Å²) in [7, 11) is 0. The minimum Gasteiger partial charge on any atom is -0.481 e. The van der Waals surface area contributed by atoms with Crippen LogP contribution in [0.25, 0.3) is 0 Å². The molecule has 0 aromatic rings. The van der Waals surface area contributed by atoms with Gasteiger partial charge < -0.3 is 10.2 Å². The van der Waals surface area contributed by atoms with Gasteiger partial charge in [0.2, 0.25) is 0 Å². The van der Waals surface area contributed by atoms with Gasteiger partial charge >= 0.3 is 5.97 Å². The monoisotopic (exact) mass is 240 g/mol. The van der Waals surface area contributed by atoms with Crippen LogP contribution < -0.4 is 0 Å². The van der Waals surface area contributed by atoms with Gasteiger partial charge in [-0.05, 0) is 31.6 Å². The fourth-order valence-corrected chi connectivity index (χ4v) is 3.72. The van der Waals surface area contributed by atoms with Crippen LogP contribution in [0.1, 0.15) is 64.2 Å². The Hall–Kier alpha value is -0.570. The molecule has 0 radical (unpaired) electrons. The Morgan fingerprint density at radius 1 is 1.18 bits per heavy atom. The highest BCUT2D eigenvalue weighted by Gasteiger charge is 2.42. The van der Waals surface area contributed by atoms with Crippen molar-refractivity contribution in [2.45, 2.75) is 70.3 Å². The molecule has 1 unspecified atom stereocenters. The molecule has 2 N–H and O–H groups in total. The summed E-state index contributed by atoms with van der Waals surface area (Å²) in [5.41, 5.74) is -0.613. The van der Waals surface area contributed by atoms with Crippen LogP contribution in [0.3, 0.4) is 0 Å². The standard InChI is InChI=1S/C14H24O3/c15-12(9-11-5-1-2-6-11)10-14(13(16)17)7-3-4-8-14/h11-12,15H,1-10H2,(H,16,17). The summed E-state index contributed by atoms with van der Waals surface area (Å²) in [4.78, 5) is 11.4. The molecule has 0 aliphatic heterocycles. The van der Waals surface area contributed by atoms with E-state index in [4.69, 9.17) is 0 Å². The largest absolute Gasteiger partial charge is 0.481 e. The summed E-state index contributed by atoms with van der Waals surface area (Å²) < 4.78 is 0. The van der Waals surface area contributed by atoms with Gasteiger partial charge in [0.1, 0.15) is 0 Å². The van der Waals surface area contributed by atoms with Gasteiger partial charge in [-0.1, -0.05) is 38.5 Å². The lowest BCUT2D eigenvalue weighted by atomic mass is 9.79. The summed E-state index contributed by atoms with van der Waals surface area (Å²) >= 11 is 0. The Balaban J connectivity index is 1.86. The molecule has 3 nitrogen and oxygen atoms in total. The summed E-state index contributed by atoms with van der Waals surface area (Å²) in [6, 6.07) is 0. The molecule has 17 heavy (non-hydrogen) atoms. The molecule has 2 aliphatic carbocycles. The van der Waals surface area contributed by atoms with Crippen LogP contribution in [0.4, 0.5) is 0 Å². The highest BCUT2D eigenvalue weighted by Crippen LogP contribution is 2.43. The minimum absolute atomic E-state index is 0.410. The number of hydrogen-bond acceptors (Lipinski definition) is 2. The summed E-state index contributed by atoms with van der Waals surface area (Å²) in [6.45, 7) is 0. The zero-order valence-electron chi connectivity index (χ0n) is 10.5. The number of carboxylic acids is 1. The van der Waals surface area contributed by atoms with Gasteiger partial charge in [0.25, 0.3) is 0 Å². The van der Waals surface area contributed by atoms with E-state index in [9.17, 15) is 15.0 Å². The van der Waals surface area contributed by atoms with Crippen LogP contribution in [0.5, 0.6) is 0 Å². The van der Waals surface area contributed by atoms with E-state index in [0.29, 0.717) is 12.3 Å². The zero-order valence-corrected chi connectivity index (χ0v) is 10.5. The quantitative estimate of drug-likeness (QED) is 0.776. The van der Waals surface area contributed by atoms with E-state index >= 15 is 0 Å². The van der Waals surface area contributed by atoms with Crippen molar-refractivity contribution < 1.29 is 15.0 Å². The normalized spacial score (nSPS) is 26.2. The van der Waals surface area contributed by atoms with Crippen LogP contribution in [-0.4, -0.2) is 22.3 Å². The predicted molar refractivity (Wildman–Crippen MR) is 65.7 cm³/mol. The van der Waals surface area contributed by atoms with Crippen molar-refractivity contribution in [1.29, 1.82) is 0 Å². The molecule has 0 spiro atoms. The van der Waals surface area contributed by atoms with Crippen molar-refractivity contribution in [3.8, 4) is 0 Å². The lowest BCUT2D eigenvalue weighted by Gasteiger charge is -2.27. The van der Waals surface area contributed by atoms with Crippen molar-refractivity contribution in [1.82, 2.24) is 0 Å². The number of carboxylic acid groups (broad SMARTS) is 1. The molecule has 98 valence electrons. The Kier molecular flexibility index (Phi) is 4.08. The van der Waals surface area contributed by atoms with E-state index in [-0.39, 0.29) is 0 Å². The molecule has 2 fully saturated rings. The van der Waals surface area contributed by atoms with Crippen molar-refractivity contribution in [3.05, 3.63) is 0 Å². The van der Waals surface area contributed by atoms with E-state index in [1.165, 1.54) is 25.7 Å². The zero-order chi connectivity index (χ0) is 12.3. The molecule has 3 heteroatoms. The summed E-state index contributed by atoms with van der Waals surface area (Å²) in [6.07, 6.45) is 9.39. The highest BCUT2D eigenvalue weighted by atomic mass is 16.4. The van der Waals surface area contributed by atoms with Crippen LogP contribution in [0.15, 0.2) is 0 Å². The first kappa shape index (κ1) is 12.9. The third-order valence-corrected chi connectivity index (χ3v) is 4.72. The minimum atomic E-state index is -0.694. The molecule has 2 saturated carbocycles. The van der Waals surface area contributed by atoms with Gasteiger partial charge in [-0.3, -0.25) is 4.79 Å². The number of hydrogen-bond donors (Lipinski definition) is 2. The van der Waals surface area contributed by atoms with E-state index < -0.39 is 17.5 Å². The Morgan fingerprint density at radius 2 is 1.76 bits per heavy atom. The second-order valence-corrected chi connectivity index (χ2v) is 6.04. The number of aliphatic hydroxyl groups excluding tert-OH is 1. The third kappa shape index (κ3) is 3.01. The maximum atomic E-state index is 11.4. The summed E-state index contributed by atoms with van der Waals surface area (Å²) in [5.74, 6) is -0.0577. The molecule has 0 amide bonds. The van der Waals surface area contributed by atoms with Gasteiger partial charge in [0.15, 0.2) is 0 Å². The Bertz CT molecular complexity index is 263. The van der Waals surface area contributed by atoms with Crippen molar-refractivity contribution in [2.75, 3.05) is 0 Å². The van der Waals surface area contributed by atoms with E-state index in [1.54, 1.807) is 0 Å². The lowest BCUT2D eigenvalue weighted by molar-refractivity contribution is -0.150. The molecule has 0 aromatic heterocycles. The Morgan fingerprint density at radius 3 is 2.29 bits per heavy atom. The smallest absolute Gasteiger partial charge is 0.309 e. The molecule has 0 aromatic carbocycles. The second-order valence-electron chi connectivity index (χ2n) is 6.04. The Labute approximate surface area is 103 Å². The van der Waals surface area contributed by atoms with E-state index in [2.05, 4.69) is 0 Å². The average Bonchev–Trinajstić information content (AvgIpc) is 2.89. The SMILES string of the molecule is O=C(O)C1(CC(O)CC2CCCC2)CCCC1. The van der Waals surface area contributed by atoms with Crippen LogP contribution >= 0.6 is 0 Å². The van der Waals surface area contributed by atoms with E-state index in [0.717, 1.165) is 32.1 Å². The molecular weight excluding hydrogens is 216 g/mol. The van der Waals surface area contributed by atoms with Gasteiger partial charge in [-0.25, -0.2) is 0 Å². The highest BCUT2D eigenvalue weighted by molar-refractivity contribution is 5.75. The van der Waals surface area contributed by atoms with Gasteiger partial charge in [-0.15, -0.1) is 0 Å². The number of aliphatic hydroxyl groups is 1. The molecule has 0 saturated heterocycles. The van der Waals surface area contributed by atoms with Crippen molar-refractivity contribution in [3.63, 3.8) is 0 Å². The van der Waals surface area contributed by atoms with Crippen LogP contribution in [0, 0.1) is 11.3 Å². The topological polar surface area (TPSA) is 57.5 Å². The molecular formula is C14H24O3. The number of aliphatic carboxylic acids is 1. The first-order chi connectivity index (χ1) is 8.12.